The summed E-state index contributed by atoms with van der Waals surface area (Å²) in [4.78, 5) is 29.2. The lowest BCUT2D eigenvalue weighted by Crippen LogP contribution is -2.39. The summed E-state index contributed by atoms with van der Waals surface area (Å²) in [5.41, 5.74) is 2.44. The van der Waals surface area contributed by atoms with Gasteiger partial charge in [-0.05, 0) is 48.9 Å². The summed E-state index contributed by atoms with van der Waals surface area (Å²) in [5.74, 6) is 1.05. The molecule has 0 aromatic heterocycles. The normalized spacial score (nSPS) is 23.5. The van der Waals surface area contributed by atoms with Crippen molar-refractivity contribution in [3.05, 3.63) is 83.6 Å². The molecule has 1 fully saturated rings. The summed E-state index contributed by atoms with van der Waals surface area (Å²) in [6.07, 6.45) is 5.82. The molecule has 5 rings (SSSR count). The summed E-state index contributed by atoms with van der Waals surface area (Å²) in [6, 6.07) is 15.1. The zero-order valence-electron chi connectivity index (χ0n) is 20.1. The van der Waals surface area contributed by atoms with Gasteiger partial charge >= 0.3 is 0 Å². The van der Waals surface area contributed by atoms with Crippen molar-refractivity contribution in [3.63, 3.8) is 0 Å². The van der Waals surface area contributed by atoms with Crippen molar-refractivity contribution in [2.45, 2.75) is 44.2 Å². The first-order valence-corrected chi connectivity index (χ1v) is 12.3. The molecule has 2 aliphatic heterocycles. The lowest BCUT2D eigenvalue weighted by molar-refractivity contribution is -0.135. The van der Waals surface area contributed by atoms with Gasteiger partial charge in [0.2, 0.25) is 0 Å². The molecule has 2 aromatic rings. The number of carbonyl (C=O) groups is 2. The number of rotatable bonds is 8. The van der Waals surface area contributed by atoms with Crippen molar-refractivity contribution in [2.24, 2.45) is 5.92 Å². The van der Waals surface area contributed by atoms with Crippen molar-refractivity contribution in [2.75, 3.05) is 20.3 Å². The Morgan fingerprint density at radius 1 is 1.09 bits per heavy atom. The van der Waals surface area contributed by atoms with Gasteiger partial charge < -0.3 is 19.1 Å². The van der Waals surface area contributed by atoms with Crippen LogP contribution >= 0.6 is 0 Å². The number of fused-ring (bicyclic) bond motifs is 1. The van der Waals surface area contributed by atoms with E-state index in [0.29, 0.717) is 36.6 Å². The molecule has 0 bridgehead atoms. The summed E-state index contributed by atoms with van der Waals surface area (Å²) in [6.45, 7) is 4.52. The summed E-state index contributed by atoms with van der Waals surface area (Å²) in [5, 5.41) is 0. The molecule has 6 heteroatoms. The van der Waals surface area contributed by atoms with Crippen LogP contribution in [0.15, 0.2) is 72.5 Å². The largest absolute Gasteiger partial charge is 0.493 e. The van der Waals surface area contributed by atoms with Gasteiger partial charge in [0.05, 0.1) is 24.6 Å². The van der Waals surface area contributed by atoms with Gasteiger partial charge in [0.15, 0.2) is 23.0 Å². The van der Waals surface area contributed by atoms with Crippen LogP contribution in [-0.2, 0) is 20.7 Å². The minimum absolute atomic E-state index is 0.0578. The molecule has 0 spiro atoms. The number of benzene rings is 2. The number of amides is 1. The monoisotopic (exact) mass is 473 g/mol. The molecule has 0 N–H and O–H groups in total. The van der Waals surface area contributed by atoms with Crippen LogP contribution in [0.3, 0.4) is 0 Å². The van der Waals surface area contributed by atoms with Gasteiger partial charge in [0, 0.05) is 6.54 Å². The van der Waals surface area contributed by atoms with Crippen molar-refractivity contribution in [1.29, 1.82) is 0 Å². The Hall–Kier alpha value is -3.54. The SMILES string of the molecule is C=CCOc1ccc(C2C3=C(OC4CCCCC4C3=O)C(=O)N2CCc2ccccc2)cc1OC. The Labute approximate surface area is 206 Å². The molecular formula is C29H31NO5. The van der Waals surface area contributed by atoms with Crippen molar-refractivity contribution in [3.8, 4) is 11.5 Å². The first kappa shape index (κ1) is 23.2. The molecule has 1 aliphatic carbocycles. The zero-order valence-corrected chi connectivity index (χ0v) is 20.1. The number of ketones is 1. The van der Waals surface area contributed by atoms with Crippen molar-refractivity contribution < 1.29 is 23.8 Å². The molecule has 182 valence electrons. The molecule has 1 saturated carbocycles. The smallest absolute Gasteiger partial charge is 0.290 e. The van der Waals surface area contributed by atoms with Gasteiger partial charge in [-0.2, -0.15) is 0 Å². The lowest BCUT2D eigenvalue weighted by atomic mass is 9.77. The Morgan fingerprint density at radius 3 is 2.66 bits per heavy atom. The van der Waals surface area contributed by atoms with E-state index in [4.69, 9.17) is 14.2 Å². The van der Waals surface area contributed by atoms with E-state index in [9.17, 15) is 9.59 Å². The van der Waals surface area contributed by atoms with Gasteiger partial charge in [0.1, 0.15) is 12.7 Å². The zero-order chi connectivity index (χ0) is 24.4. The first-order valence-electron chi connectivity index (χ1n) is 12.3. The summed E-state index contributed by atoms with van der Waals surface area (Å²) in [7, 11) is 1.58. The van der Waals surface area contributed by atoms with E-state index in [2.05, 4.69) is 6.58 Å². The second-order valence-electron chi connectivity index (χ2n) is 9.30. The molecule has 3 aliphatic rings. The highest BCUT2D eigenvalue weighted by molar-refractivity contribution is 6.11. The maximum Gasteiger partial charge on any atom is 0.290 e. The average molecular weight is 474 g/mol. The Morgan fingerprint density at radius 2 is 1.89 bits per heavy atom. The van der Waals surface area contributed by atoms with Crippen LogP contribution in [-0.4, -0.2) is 43.0 Å². The predicted octanol–water partition coefficient (Wildman–Crippen LogP) is 4.80. The third-order valence-corrected chi connectivity index (χ3v) is 7.20. The number of Topliss-reactive ketones (excluding diaryl/α,β-unsaturated/α-hetero) is 1. The maximum atomic E-state index is 13.8. The minimum atomic E-state index is -0.515. The van der Waals surface area contributed by atoms with Crippen LogP contribution < -0.4 is 9.47 Å². The Bertz CT molecular complexity index is 1150. The number of hydrogen-bond acceptors (Lipinski definition) is 5. The van der Waals surface area contributed by atoms with Gasteiger partial charge in [-0.15, -0.1) is 0 Å². The Balaban J connectivity index is 1.53. The van der Waals surface area contributed by atoms with Crippen LogP contribution in [0.1, 0.15) is 42.9 Å². The number of methoxy groups -OCH3 is 1. The molecule has 6 nitrogen and oxygen atoms in total. The van der Waals surface area contributed by atoms with Crippen LogP contribution in [0.5, 0.6) is 11.5 Å². The molecule has 2 aromatic carbocycles. The third-order valence-electron chi connectivity index (χ3n) is 7.20. The average Bonchev–Trinajstić information content (AvgIpc) is 3.18. The van der Waals surface area contributed by atoms with Crippen LogP contribution in [0.4, 0.5) is 0 Å². The molecule has 1 amide bonds. The van der Waals surface area contributed by atoms with Gasteiger partial charge in [-0.3, -0.25) is 9.59 Å². The van der Waals surface area contributed by atoms with E-state index in [1.54, 1.807) is 18.1 Å². The standard InChI is InChI=1S/C29H31NO5/c1-3-17-34-23-14-13-20(18-24(23)33-2)26-25-27(31)21-11-7-8-12-22(21)35-28(25)29(32)30(26)16-15-19-9-5-4-6-10-19/h3-6,9-10,13-14,18,21-22,26H,1,7-8,11-12,15-17H2,2H3. The fraction of sp³-hybridized carbons (Fsp3) is 0.379. The van der Waals surface area contributed by atoms with Crippen molar-refractivity contribution in [1.82, 2.24) is 4.90 Å². The lowest BCUT2D eigenvalue weighted by Gasteiger charge is -2.35. The fourth-order valence-electron chi connectivity index (χ4n) is 5.49. The van der Waals surface area contributed by atoms with Crippen LogP contribution in [0, 0.1) is 5.92 Å². The quantitative estimate of drug-likeness (QED) is 0.516. The molecule has 35 heavy (non-hydrogen) atoms. The first-order chi connectivity index (χ1) is 17.1. The van der Waals surface area contributed by atoms with E-state index in [-0.39, 0.29) is 29.5 Å². The van der Waals surface area contributed by atoms with Gasteiger partial charge in [-0.25, -0.2) is 0 Å². The summed E-state index contributed by atoms with van der Waals surface area (Å²) < 4.78 is 17.6. The second kappa shape index (κ2) is 9.98. The van der Waals surface area contributed by atoms with Crippen LogP contribution in [0.25, 0.3) is 0 Å². The van der Waals surface area contributed by atoms with Crippen LogP contribution in [0.2, 0.25) is 0 Å². The van der Waals surface area contributed by atoms with E-state index >= 15 is 0 Å². The van der Waals surface area contributed by atoms with Crippen molar-refractivity contribution >= 4 is 11.7 Å². The van der Waals surface area contributed by atoms with E-state index in [1.807, 2.05) is 48.5 Å². The Kier molecular flexibility index (Phi) is 6.62. The maximum absolute atomic E-state index is 13.8. The topological polar surface area (TPSA) is 65.1 Å². The highest BCUT2D eigenvalue weighted by Crippen LogP contribution is 2.47. The third kappa shape index (κ3) is 4.33. The molecular weight excluding hydrogens is 442 g/mol. The molecule has 2 heterocycles. The number of ether oxygens (including phenoxy) is 3. The molecule has 0 radical (unpaired) electrons. The van der Waals surface area contributed by atoms with E-state index in [0.717, 1.165) is 36.8 Å². The molecule has 0 saturated heterocycles. The van der Waals surface area contributed by atoms with E-state index < -0.39 is 6.04 Å². The molecule has 3 atom stereocenters. The molecule has 3 unspecified atom stereocenters. The van der Waals surface area contributed by atoms with Gasteiger partial charge in [0.25, 0.3) is 5.91 Å². The highest BCUT2D eigenvalue weighted by atomic mass is 16.5. The predicted molar refractivity (Wildman–Crippen MR) is 132 cm³/mol. The number of nitrogens with zero attached hydrogens (tertiary/aromatic N) is 1. The number of carbonyl (C=O) groups excluding carboxylic acids is 2. The minimum Gasteiger partial charge on any atom is -0.493 e. The summed E-state index contributed by atoms with van der Waals surface area (Å²) >= 11 is 0. The highest BCUT2D eigenvalue weighted by Gasteiger charge is 2.51. The second-order valence-corrected chi connectivity index (χ2v) is 9.30. The number of hydrogen-bond donors (Lipinski definition) is 0. The fourth-order valence-corrected chi connectivity index (χ4v) is 5.49. The van der Waals surface area contributed by atoms with E-state index in [1.165, 1.54) is 0 Å². The van der Waals surface area contributed by atoms with Gasteiger partial charge in [-0.1, -0.05) is 55.5 Å².